The molecule has 4 heteroatoms. The van der Waals surface area contributed by atoms with Gasteiger partial charge in [0.1, 0.15) is 19.3 Å². The zero-order valence-electron chi connectivity index (χ0n) is 7.49. The van der Waals surface area contributed by atoms with Crippen molar-refractivity contribution >= 4 is 11.5 Å². The van der Waals surface area contributed by atoms with Gasteiger partial charge in [-0.2, -0.15) is 0 Å². The quantitative estimate of drug-likeness (QED) is 0.657. The van der Waals surface area contributed by atoms with Crippen LogP contribution >= 0.6 is 0 Å². The summed E-state index contributed by atoms with van der Waals surface area (Å²) in [5.41, 5.74) is 6.34. The molecule has 2 rings (SSSR count). The van der Waals surface area contributed by atoms with Crippen LogP contribution < -0.4 is 15.6 Å². The summed E-state index contributed by atoms with van der Waals surface area (Å²) in [6.07, 6.45) is 1.81. The van der Waals surface area contributed by atoms with Gasteiger partial charge in [0, 0.05) is 6.07 Å². The second-order valence-electron chi connectivity index (χ2n) is 3.11. The van der Waals surface area contributed by atoms with Gasteiger partial charge in [-0.15, -0.1) is 0 Å². The summed E-state index contributed by atoms with van der Waals surface area (Å²) in [5.74, 6) is 1.11. The Morgan fingerprint density at radius 3 is 2.69 bits per heavy atom. The average Bonchev–Trinajstić information content (AvgIpc) is 2.20. The van der Waals surface area contributed by atoms with Crippen LogP contribution in [0, 0.1) is 0 Å². The van der Waals surface area contributed by atoms with Gasteiger partial charge in [-0.3, -0.25) is 4.90 Å². The largest absolute Gasteiger partial charge is 0.396 e. The Labute approximate surface area is 77.3 Å². The molecule has 0 radical (unpaired) electrons. The molecule has 0 amide bonds. The van der Waals surface area contributed by atoms with E-state index in [-0.39, 0.29) is 0 Å². The second kappa shape index (κ2) is 3.62. The Morgan fingerprint density at radius 1 is 1.31 bits per heavy atom. The lowest BCUT2D eigenvalue weighted by atomic mass is 10.3. The number of H-pyrrole nitrogens is 1. The maximum absolute atomic E-state index is 5.58. The van der Waals surface area contributed by atoms with Gasteiger partial charge in [-0.1, -0.05) is 0 Å². The van der Waals surface area contributed by atoms with Crippen LogP contribution in [0.25, 0.3) is 0 Å². The zero-order valence-corrected chi connectivity index (χ0v) is 7.49. The van der Waals surface area contributed by atoms with Gasteiger partial charge >= 0.3 is 0 Å². The van der Waals surface area contributed by atoms with E-state index in [0.717, 1.165) is 37.8 Å². The molecule has 4 nitrogen and oxygen atoms in total. The third-order valence-electron chi connectivity index (χ3n) is 2.17. The number of pyridine rings is 1. The topological polar surface area (TPSA) is 52.6 Å². The highest BCUT2D eigenvalue weighted by molar-refractivity contribution is 5.40. The van der Waals surface area contributed by atoms with Gasteiger partial charge in [-0.05, 0) is 6.07 Å². The number of rotatable bonds is 1. The molecule has 0 atom stereocenters. The lowest BCUT2D eigenvalue weighted by molar-refractivity contribution is -0.363. The predicted molar refractivity (Wildman–Crippen MR) is 50.4 cm³/mol. The average molecular weight is 180 g/mol. The second-order valence-corrected chi connectivity index (χ2v) is 3.11. The maximum atomic E-state index is 5.58. The highest BCUT2D eigenvalue weighted by atomic mass is 16.5. The smallest absolute Gasteiger partial charge is 0.274 e. The number of nitrogens with zero attached hydrogens (tertiary/aromatic N) is 1. The summed E-state index contributed by atoms with van der Waals surface area (Å²) in [5, 5.41) is 0. The van der Waals surface area contributed by atoms with E-state index in [1.54, 1.807) is 0 Å². The van der Waals surface area contributed by atoms with Gasteiger partial charge in [-0.25, -0.2) is 4.98 Å². The van der Waals surface area contributed by atoms with Gasteiger partial charge in [0.15, 0.2) is 0 Å². The van der Waals surface area contributed by atoms with E-state index in [0.29, 0.717) is 0 Å². The lowest BCUT2D eigenvalue weighted by Gasteiger charge is -2.21. The first-order chi connectivity index (χ1) is 6.36. The number of hydrogen-bond acceptors (Lipinski definition) is 3. The van der Waals surface area contributed by atoms with Crippen LogP contribution in [0.4, 0.5) is 11.5 Å². The molecule has 0 saturated carbocycles. The van der Waals surface area contributed by atoms with Crippen molar-refractivity contribution < 1.29 is 9.72 Å². The van der Waals surface area contributed by atoms with E-state index in [1.165, 1.54) is 0 Å². The Hall–Kier alpha value is -1.29. The molecule has 1 fully saturated rings. The number of nitrogens with one attached hydrogen (secondary N) is 1. The van der Waals surface area contributed by atoms with Crippen LogP contribution in [0.2, 0.25) is 0 Å². The molecule has 2 heterocycles. The number of aromatic amines is 1. The molecule has 0 bridgehead atoms. The molecule has 1 aromatic rings. The van der Waals surface area contributed by atoms with Crippen LogP contribution in [-0.2, 0) is 4.74 Å². The minimum atomic E-state index is 0.761. The number of anilines is 2. The van der Waals surface area contributed by atoms with E-state index >= 15 is 0 Å². The fourth-order valence-corrected chi connectivity index (χ4v) is 1.43. The molecule has 1 saturated heterocycles. The molecular formula is C9H14N3O+. The SMILES string of the molecule is Nc1ccc(N2CCOCC2)[nH+]c1. The third-order valence-corrected chi connectivity index (χ3v) is 2.17. The fourth-order valence-electron chi connectivity index (χ4n) is 1.43. The minimum Gasteiger partial charge on any atom is -0.396 e. The molecular weight excluding hydrogens is 166 g/mol. The van der Waals surface area contributed by atoms with Crippen LogP contribution in [0.1, 0.15) is 0 Å². The molecule has 1 aliphatic heterocycles. The summed E-state index contributed by atoms with van der Waals surface area (Å²) < 4.78 is 5.26. The predicted octanol–water partition coefficient (Wildman–Crippen LogP) is -0.0805. The van der Waals surface area contributed by atoms with Crippen molar-refractivity contribution in [2.24, 2.45) is 0 Å². The monoisotopic (exact) mass is 180 g/mol. The van der Waals surface area contributed by atoms with Gasteiger partial charge in [0.05, 0.1) is 18.9 Å². The molecule has 70 valence electrons. The maximum Gasteiger partial charge on any atom is 0.274 e. The van der Waals surface area contributed by atoms with E-state index in [1.807, 2.05) is 18.3 Å². The van der Waals surface area contributed by atoms with Gasteiger partial charge in [0.25, 0.3) is 5.82 Å². The zero-order chi connectivity index (χ0) is 9.10. The van der Waals surface area contributed by atoms with E-state index < -0.39 is 0 Å². The number of hydrogen-bond donors (Lipinski definition) is 1. The molecule has 0 aromatic carbocycles. The standard InChI is InChI=1S/C9H13N3O/c10-8-1-2-9(11-7-8)12-3-5-13-6-4-12/h1-2,7H,3-6,10H2/p+1. The molecule has 3 N–H and O–H groups in total. The van der Waals surface area contributed by atoms with Gasteiger partial charge < -0.3 is 10.5 Å². The summed E-state index contributed by atoms with van der Waals surface area (Å²) in [6.45, 7) is 3.50. The van der Waals surface area contributed by atoms with E-state index in [9.17, 15) is 0 Å². The van der Waals surface area contributed by atoms with Crippen molar-refractivity contribution in [1.29, 1.82) is 0 Å². The fraction of sp³-hybridized carbons (Fsp3) is 0.444. The number of ether oxygens (including phenoxy) is 1. The number of morpholine rings is 1. The van der Waals surface area contributed by atoms with Crippen molar-refractivity contribution in [2.45, 2.75) is 0 Å². The third kappa shape index (κ3) is 1.89. The Morgan fingerprint density at radius 2 is 2.08 bits per heavy atom. The van der Waals surface area contributed by atoms with Crippen molar-refractivity contribution in [3.05, 3.63) is 18.3 Å². The molecule has 1 aromatic heterocycles. The number of aromatic nitrogens is 1. The van der Waals surface area contributed by atoms with E-state index in [2.05, 4.69) is 9.88 Å². The van der Waals surface area contributed by atoms with Crippen molar-refractivity contribution in [3.8, 4) is 0 Å². The number of nitrogens with two attached hydrogens (primary N) is 1. The van der Waals surface area contributed by atoms with Crippen LogP contribution in [0.5, 0.6) is 0 Å². The minimum absolute atomic E-state index is 0.761. The molecule has 13 heavy (non-hydrogen) atoms. The molecule has 0 aliphatic carbocycles. The Bertz CT molecular complexity index is 267. The molecule has 1 aliphatic rings. The summed E-state index contributed by atoms with van der Waals surface area (Å²) in [7, 11) is 0. The van der Waals surface area contributed by atoms with Gasteiger partial charge in [0.2, 0.25) is 0 Å². The lowest BCUT2D eigenvalue weighted by Crippen LogP contribution is -2.39. The highest BCUT2D eigenvalue weighted by Gasteiger charge is 2.18. The normalized spacial score (nSPS) is 17.4. The number of nitrogen functional groups attached to an aromatic ring is 1. The van der Waals surface area contributed by atoms with Crippen molar-refractivity contribution in [2.75, 3.05) is 36.9 Å². The highest BCUT2D eigenvalue weighted by Crippen LogP contribution is 2.09. The van der Waals surface area contributed by atoms with Crippen molar-refractivity contribution in [1.82, 2.24) is 0 Å². The first-order valence-corrected chi connectivity index (χ1v) is 4.46. The van der Waals surface area contributed by atoms with Crippen molar-refractivity contribution in [3.63, 3.8) is 0 Å². The first kappa shape index (κ1) is 8.31. The summed E-state index contributed by atoms with van der Waals surface area (Å²) >= 11 is 0. The van der Waals surface area contributed by atoms with E-state index in [4.69, 9.17) is 10.5 Å². The molecule has 0 unspecified atom stereocenters. The van der Waals surface area contributed by atoms with Crippen LogP contribution in [0.15, 0.2) is 18.3 Å². The first-order valence-electron chi connectivity index (χ1n) is 4.46. The molecule has 0 spiro atoms. The Balaban J connectivity index is 2.10. The Kier molecular flexibility index (Phi) is 2.31. The summed E-state index contributed by atoms with van der Waals surface area (Å²) in [6, 6.07) is 3.90. The van der Waals surface area contributed by atoms with Crippen LogP contribution in [-0.4, -0.2) is 26.3 Å². The summed E-state index contributed by atoms with van der Waals surface area (Å²) in [4.78, 5) is 5.40. The van der Waals surface area contributed by atoms with Crippen LogP contribution in [0.3, 0.4) is 0 Å².